The maximum atomic E-state index is 12.2. The van der Waals surface area contributed by atoms with E-state index in [1.807, 2.05) is 32.9 Å². The van der Waals surface area contributed by atoms with Crippen molar-refractivity contribution >= 4 is 58.0 Å². The summed E-state index contributed by atoms with van der Waals surface area (Å²) in [5.41, 5.74) is 14.9. The minimum atomic E-state index is -1.52. The van der Waals surface area contributed by atoms with Crippen molar-refractivity contribution in [3.8, 4) is 0 Å². The number of aliphatic hydroxyl groups is 1. The number of rotatable bonds is 11. The molecule has 5 aliphatic heterocycles. The number of anilines is 1. The number of nitrogens with one attached hydrogen (secondary N) is 3. The molecule has 1 aromatic rings. The van der Waals surface area contributed by atoms with Gasteiger partial charge in [-0.05, 0) is 117 Å². The van der Waals surface area contributed by atoms with Crippen LogP contribution >= 0.6 is 23.2 Å². The molecule has 0 amide bonds. The van der Waals surface area contributed by atoms with Crippen molar-refractivity contribution in [2.45, 2.75) is 59.0 Å². The van der Waals surface area contributed by atoms with Crippen LogP contribution in [0.25, 0.3) is 0 Å². The minimum absolute atomic E-state index is 0.0929. The van der Waals surface area contributed by atoms with Gasteiger partial charge in [0.2, 0.25) is 0 Å². The zero-order valence-electron chi connectivity index (χ0n) is 29.6. The Bertz CT molecular complexity index is 2260. The molecule has 11 nitrogen and oxygen atoms in total. The summed E-state index contributed by atoms with van der Waals surface area (Å²) in [7, 11) is 0. The molecule has 6 N–H and O–H groups in total. The maximum absolute atomic E-state index is 12.2. The fraction of sp³-hybridized carbons (Fsp3) is 0.225. The molecule has 0 saturated carbocycles. The Morgan fingerprint density at radius 2 is 1.51 bits per heavy atom. The molecule has 272 valence electrons. The van der Waals surface area contributed by atoms with Gasteiger partial charge >= 0.3 is 11.9 Å². The van der Waals surface area contributed by atoms with E-state index in [1.54, 1.807) is 55.6 Å². The Hall–Kier alpha value is -5.49. The first-order valence-electron chi connectivity index (χ1n) is 16.9. The lowest BCUT2D eigenvalue weighted by Crippen LogP contribution is -2.29. The first-order valence-corrected chi connectivity index (χ1v) is 17.6. The third kappa shape index (κ3) is 7.54. The summed E-state index contributed by atoms with van der Waals surface area (Å²) in [6.07, 6.45) is 12.6. The van der Waals surface area contributed by atoms with Crippen LogP contribution in [0.4, 0.5) is 5.69 Å². The number of benzene rings is 1. The standard InChI is InChI=1S/C40H38Cl2N6O5/c1-6-24-20(2)30-16-31-21(3)25(8-11-38(49)50)33(44-31)18-34-26(9-12-39(51)52)22(4)32(45-34)17-36-27(40(5,53)37(47-36)19-35(24)46-30)13-14-43-48-29-10-7-23(41)15-28(29)42/h6-7,10,13-19,43,47-48,53H,1,8-9,11-12H2,2-5H3,(H,49,50)(H,51,52). The maximum Gasteiger partial charge on any atom is 0.303 e. The second-order valence-corrected chi connectivity index (χ2v) is 14.0. The zero-order valence-corrected chi connectivity index (χ0v) is 31.1. The van der Waals surface area contributed by atoms with Crippen LogP contribution in [0.5, 0.6) is 0 Å². The summed E-state index contributed by atoms with van der Waals surface area (Å²) in [5.74, 6) is -1.88. The topological polar surface area (TPSA) is 168 Å². The Morgan fingerprint density at radius 3 is 2.19 bits per heavy atom. The van der Waals surface area contributed by atoms with Crippen LogP contribution in [-0.4, -0.2) is 50.0 Å². The third-order valence-electron chi connectivity index (χ3n) is 9.65. The Balaban J connectivity index is 1.53. The molecule has 5 aliphatic rings. The minimum Gasteiger partial charge on any atom is -0.481 e. The van der Waals surface area contributed by atoms with E-state index in [1.165, 1.54) is 0 Å². The van der Waals surface area contributed by atoms with Crippen molar-refractivity contribution in [1.82, 2.24) is 10.7 Å². The number of aliphatic imine (C=N–C) groups is 3. The number of hydrogen-bond acceptors (Lipinski definition) is 9. The van der Waals surface area contributed by atoms with E-state index in [-0.39, 0.29) is 25.7 Å². The van der Waals surface area contributed by atoms with Gasteiger partial charge in [-0.15, -0.1) is 0 Å². The average Bonchev–Trinajstić information content (AvgIpc) is 3.73. The molecule has 0 aromatic heterocycles. The summed E-state index contributed by atoms with van der Waals surface area (Å²) < 4.78 is 0. The third-order valence-corrected chi connectivity index (χ3v) is 10.2. The number of fused-ring (bicyclic) bond motifs is 5. The van der Waals surface area contributed by atoms with Gasteiger partial charge < -0.3 is 26.1 Å². The fourth-order valence-electron chi connectivity index (χ4n) is 6.63. The number of halogens is 2. The van der Waals surface area contributed by atoms with Crippen LogP contribution in [0.1, 0.15) is 53.4 Å². The van der Waals surface area contributed by atoms with Crippen molar-refractivity contribution in [2.24, 2.45) is 15.0 Å². The Kier molecular flexibility index (Phi) is 10.5. The van der Waals surface area contributed by atoms with E-state index >= 15 is 0 Å². The Labute approximate surface area is 317 Å². The molecule has 0 fully saturated rings. The van der Waals surface area contributed by atoms with E-state index < -0.39 is 17.5 Å². The van der Waals surface area contributed by atoms with Gasteiger partial charge in [0.15, 0.2) is 0 Å². The van der Waals surface area contributed by atoms with Crippen LogP contribution in [0.15, 0.2) is 150 Å². The number of carbonyl (C=O) groups is 2. The van der Waals surface area contributed by atoms with Gasteiger partial charge in [-0.2, -0.15) is 0 Å². The average molecular weight is 754 g/mol. The zero-order chi connectivity index (χ0) is 38.2. The van der Waals surface area contributed by atoms with Gasteiger partial charge in [0.1, 0.15) is 5.60 Å². The summed E-state index contributed by atoms with van der Waals surface area (Å²) >= 11 is 12.4. The predicted molar refractivity (Wildman–Crippen MR) is 210 cm³/mol. The molecule has 1 atom stereocenters. The van der Waals surface area contributed by atoms with Gasteiger partial charge in [0.25, 0.3) is 0 Å². The van der Waals surface area contributed by atoms with Crippen molar-refractivity contribution in [3.05, 3.63) is 145 Å². The lowest BCUT2D eigenvalue weighted by atomic mass is 9.92. The first kappa shape index (κ1) is 37.3. The van der Waals surface area contributed by atoms with Crippen LogP contribution in [-0.2, 0) is 9.59 Å². The molecular formula is C40H38Cl2N6O5. The molecule has 6 rings (SSSR count). The van der Waals surface area contributed by atoms with Crippen molar-refractivity contribution < 1.29 is 24.9 Å². The summed E-state index contributed by atoms with van der Waals surface area (Å²) in [5, 5.41) is 35.6. The van der Waals surface area contributed by atoms with Gasteiger partial charge in [-0.1, -0.05) is 35.9 Å². The van der Waals surface area contributed by atoms with E-state index in [4.69, 9.17) is 38.2 Å². The van der Waals surface area contributed by atoms with Gasteiger partial charge in [0, 0.05) is 40.9 Å². The number of carboxylic acids is 2. The number of allylic oxidation sites excluding steroid dienone is 11. The number of nitrogens with zero attached hydrogens (tertiary/aromatic N) is 3. The molecule has 1 aromatic carbocycles. The van der Waals surface area contributed by atoms with Gasteiger partial charge in [-0.3, -0.25) is 15.0 Å². The van der Waals surface area contributed by atoms with E-state index in [0.29, 0.717) is 66.9 Å². The normalized spacial score (nSPS) is 20.9. The summed E-state index contributed by atoms with van der Waals surface area (Å²) in [4.78, 5) is 38.2. The SMILES string of the molecule is C=CC1=C(C)C2=CC3=NC(=CC4=NC(=CC5=C(C=CNNc6ccc(Cl)cc6Cl)C(C)(O)C(=CC1=N2)N5)C(C)=C4CCC(=O)O)C(CCC(=O)O)=C3C. The highest BCUT2D eigenvalue weighted by atomic mass is 35.5. The lowest BCUT2D eigenvalue weighted by molar-refractivity contribution is -0.137. The number of hydrazine groups is 1. The van der Waals surface area contributed by atoms with Crippen molar-refractivity contribution in [3.63, 3.8) is 0 Å². The molecular weight excluding hydrogens is 715 g/mol. The monoisotopic (exact) mass is 752 g/mol. The van der Waals surface area contributed by atoms with E-state index in [0.717, 1.165) is 33.4 Å². The van der Waals surface area contributed by atoms with Crippen LogP contribution in [0, 0.1) is 0 Å². The predicted octanol–water partition coefficient (Wildman–Crippen LogP) is 7.81. The van der Waals surface area contributed by atoms with E-state index in [9.17, 15) is 24.9 Å². The van der Waals surface area contributed by atoms with Crippen LogP contribution < -0.4 is 16.2 Å². The van der Waals surface area contributed by atoms with E-state index in [2.05, 4.69) is 22.7 Å². The second-order valence-electron chi connectivity index (χ2n) is 13.1. The largest absolute Gasteiger partial charge is 0.481 e. The first-order chi connectivity index (χ1) is 25.2. The molecule has 0 aliphatic carbocycles. The summed E-state index contributed by atoms with van der Waals surface area (Å²) in [6.45, 7) is 11.4. The summed E-state index contributed by atoms with van der Waals surface area (Å²) in [6, 6.07) is 5.05. The number of hydrogen-bond donors (Lipinski definition) is 6. The lowest BCUT2D eigenvalue weighted by Gasteiger charge is -2.21. The van der Waals surface area contributed by atoms with Crippen LogP contribution in [0.2, 0.25) is 10.0 Å². The van der Waals surface area contributed by atoms with Crippen molar-refractivity contribution in [1.29, 1.82) is 0 Å². The second kappa shape index (κ2) is 14.9. The van der Waals surface area contributed by atoms with Gasteiger partial charge in [0.05, 0.1) is 50.6 Å². The van der Waals surface area contributed by atoms with Gasteiger partial charge in [-0.25, -0.2) is 15.0 Å². The molecule has 53 heavy (non-hydrogen) atoms. The van der Waals surface area contributed by atoms with Crippen molar-refractivity contribution in [2.75, 3.05) is 5.43 Å². The number of carboxylic acid groups (broad SMARTS) is 2. The highest BCUT2D eigenvalue weighted by Crippen LogP contribution is 2.40. The molecule has 0 radical (unpaired) electrons. The molecule has 5 heterocycles. The smallest absolute Gasteiger partial charge is 0.303 e. The molecule has 8 bridgehead atoms. The molecule has 1 unspecified atom stereocenters. The molecule has 13 heteroatoms. The molecule has 0 spiro atoms. The quantitative estimate of drug-likeness (QED) is 0.124. The highest BCUT2D eigenvalue weighted by Gasteiger charge is 2.39. The number of aliphatic carboxylic acids is 2. The van der Waals surface area contributed by atoms with Crippen LogP contribution in [0.3, 0.4) is 0 Å². The fourth-order valence-corrected chi connectivity index (χ4v) is 7.09. The Morgan fingerprint density at radius 1 is 0.868 bits per heavy atom. The molecule has 0 saturated heterocycles. The highest BCUT2D eigenvalue weighted by molar-refractivity contribution is 6.36.